The van der Waals surface area contributed by atoms with Crippen molar-refractivity contribution >= 4 is 6.09 Å². The van der Waals surface area contributed by atoms with E-state index in [1.807, 2.05) is 20.8 Å². The van der Waals surface area contributed by atoms with Crippen molar-refractivity contribution in [2.75, 3.05) is 0 Å². The Kier molecular flexibility index (Phi) is 1.82. The number of carbonyl (C=O) groups excluding carboxylic acids is 1. The largest absolute Gasteiger partial charge is 0.444 e. The van der Waals surface area contributed by atoms with Gasteiger partial charge in [-0.1, -0.05) is 0 Å². The molecule has 4 heteroatoms. The molecular formula is C11H16N2O2. The Labute approximate surface area is 89.6 Å². The first-order valence-corrected chi connectivity index (χ1v) is 5.21. The molecule has 1 N–H and O–H groups in total. The van der Waals surface area contributed by atoms with Crippen molar-refractivity contribution in [2.24, 2.45) is 5.41 Å². The second-order valence-corrected chi connectivity index (χ2v) is 5.83. The standard InChI is InChI=1S/C11H16N2O2/c1-9(2,3)15-8(14)13-11-4-10(5-11,6-11)7-12/h4-6H2,1-3H3,(H,13,14). The van der Waals surface area contributed by atoms with Crippen LogP contribution >= 0.6 is 0 Å². The highest BCUT2D eigenvalue weighted by atomic mass is 16.6. The predicted octanol–water partition coefficient (Wildman–Crippen LogP) is 1.96. The normalized spacial score (nSPS) is 36.9. The SMILES string of the molecule is CC(C)(C)OC(=O)NC12CC(C#N)(C1)C2. The van der Waals surface area contributed by atoms with Crippen molar-refractivity contribution in [2.45, 2.75) is 51.2 Å². The first kappa shape index (κ1) is 10.3. The molecule has 0 unspecified atom stereocenters. The summed E-state index contributed by atoms with van der Waals surface area (Å²) in [4.78, 5) is 11.5. The van der Waals surface area contributed by atoms with E-state index in [1.54, 1.807) is 0 Å². The second-order valence-electron chi connectivity index (χ2n) is 5.83. The van der Waals surface area contributed by atoms with Crippen LogP contribution in [0, 0.1) is 16.7 Å². The highest BCUT2D eigenvalue weighted by Gasteiger charge is 2.69. The zero-order valence-electron chi connectivity index (χ0n) is 9.39. The van der Waals surface area contributed by atoms with E-state index >= 15 is 0 Å². The van der Waals surface area contributed by atoms with Gasteiger partial charge in [0.05, 0.1) is 11.5 Å². The van der Waals surface area contributed by atoms with Crippen molar-refractivity contribution in [3.8, 4) is 6.07 Å². The average Bonchev–Trinajstić information content (AvgIpc) is 1.89. The van der Waals surface area contributed by atoms with Gasteiger partial charge in [-0.3, -0.25) is 0 Å². The van der Waals surface area contributed by atoms with Crippen LogP contribution in [0.25, 0.3) is 0 Å². The average molecular weight is 208 g/mol. The van der Waals surface area contributed by atoms with Crippen LogP contribution in [-0.4, -0.2) is 17.2 Å². The van der Waals surface area contributed by atoms with E-state index in [-0.39, 0.29) is 17.0 Å². The monoisotopic (exact) mass is 208 g/mol. The van der Waals surface area contributed by atoms with Crippen molar-refractivity contribution < 1.29 is 9.53 Å². The number of hydrogen-bond acceptors (Lipinski definition) is 3. The van der Waals surface area contributed by atoms with Gasteiger partial charge < -0.3 is 10.1 Å². The summed E-state index contributed by atoms with van der Waals surface area (Å²) in [6.45, 7) is 5.52. The summed E-state index contributed by atoms with van der Waals surface area (Å²) in [7, 11) is 0. The molecule has 0 saturated heterocycles. The number of nitriles is 1. The molecule has 0 aromatic carbocycles. The molecule has 3 aliphatic carbocycles. The van der Waals surface area contributed by atoms with Crippen LogP contribution in [0.5, 0.6) is 0 Å². The van der Waals surface area contributed by atoms with Gasteiger partial charge in [0.15, 0.2) is 0 Å². The predicted molar refractivity (Wildman–Crippen MR) is 54.0 cm³/mol. The van der Waals surface area contributed by atoms with Crippen LogP contribution in [-0.2, 0) is 4.74 Å². The third-order valence-corrected chi connectivity index (χ3v) is 3.03. The van der Waals surface area contributed by atoms with Crippen LogP contribution in [0.2, 0.25) is 0 Å². The lowest BCUT2D eigenvalue weighted by Gasteiger charge is -2.66. The zero-order chi connectivity index (χ0) is 11.3. The topological polar surface area (TPSA) is 62.1 Å². The Bertz CT molecular complexity index is 329. The minimum Gasteiger partial charge on any atom is -0.444 e. The van der Waals surface area contributed by atoms with E-state index in [1.165, 1.54) is 0 Å². The Morgan fingerprint density at radius 3 is 2.33 bits per heavy atom. The number of carbonyl (C=O) groups is 1. The molecule has 1 amide bonds. The molecule has 3 fully saturated rings. The Hall–Kier alpha value is -1.24. The van der Waals surface area contributed by atoms with Crippen LogP contribution in [0.1, 0.15) is 40.0 Å². The molecule has 0 radical (unpaired) electrons. The van der Waals surface area contributed by atoms with Gasteiger partial charge in [-0.2, -0.15) is 5.26 Å². The van der Waals surface area contributed by atoms with Gasteiger partial charge in [0.1, 0.15) is 5.60 Å². The molecule has 82 valence electrons. The molecule has 3 rings (SSSR count). The van der Waals surface area contributed by atoms with Gasteiger partial charge in [0.25, 0.3) is 0 Å². The lowest BCUT2D eigenvalue weighted by molar-refractivity contribution is -0.109. The second kappa shape index (κ2) is 2.66. The molecule has 4 nitrogen and oxygen atoms in total. The van der Waals surface area contributed by atoms with E-state index in [2.05, 4.69) is 11.4 Å². The first-order chi connectivity index (χ1) is 6.78. The van der Waals surface area contributed by atoms with Gasteiger partial charge in [-0.15, -0.1) is 0 Å². The van der Waals surface area contributed by atoms with E-state index < -0.39 is 5.60 Å². The summed E-state index contributed by atoms with van der Waals surface area (Å²) in [6.07, 6.45) is 2.00. The third kappa shape index (κ3) is 1.67. The van der Waals surface area contributed by atoms with Gasteiger partial charge in [-0.05, 0) is 40.0 Å². The molecule has 3 aliphatic rings. The molecule has 0 aliphatic heterocycles. The molecule has 0 aromatic heterocycles. The van der Waals surface area contributed by atoms with Gasteiger partial charge in [0, 0.05) is 5.54 Å². The molecule has 2 bridgehead atoms. The van der Waals surface area contributed by atoms with Crippen LogP contribution in [0.15, 0.2) is 0 Å². The quantitative estimate of drug-likeness (QED) is 0.716. The maximum Gasteiger partial charge on any atom is 0.408 e. The van der Waals surface area contributed by atoms with E-state index in [9.17, 15) is 4.79 Å². The lowest BCUT2D eigenvalue weighted by atomic mass is 9.40. The molecule has 0 heterocycles. The van der Waals surface area contributed by atoms with Crippen molar-refractivity contribution in [3.05, 3.63) is 0 Å². The van der Waals surface area contributed by atoms with Gasteiger partial charge in [-0.25, -0.2) is 4.79 Å². The summed E-state index contributed by atoms with van der Waals surface area (Å²) >= 11 is 0. The molecule has 0 atom stereocenters. The van der Waals surface area contributed by atoms with Crippen LogP contribution in [0.3, 0.4) is 0 Å². The van der Waals surface area contributed by atoms with E-state index in [0.29, 0.717) is 0 Å². The maximum absolute atomic E-state index is 11.5. The summed E-state index contributed by atoms with van der Waals surface area (Å²) in [5.41, 5.74) is -0.715. The summed E-state index contributed by atoms with van der Waals surface area (Å²) in [5, 5.41) is 11.7. The Morgan fingerprint density at radius 1 is 1.40 bits per heavy atom. The smallest absolute Gasteiger partial charge is 0.408 e. The van der Waals surface area contributed by atoms with Gasteiger partial charge in [0.2, 0.25) is 0 Å². The van der Waals surface area contributed by atoms with Crippen LogP contribution in [0.4, 0.5) is 4.79 Å². The van der Waals surface area contributed by atoms with E-state index in [4.69, 9.17) is 10.00 Å². The zero-order valence-corrected chi connectivity index (χ0v) is 9.39. The molecule has 3 saturated carbocycles. The third-order valence-electron chi connectivity index (χ3n) is 3.03. The van der Waals surface area contributed by atoms with Crippen molar-refractivity contribution in [3.63, 3.8) is 0 Å². The number of hydrogen-bond donors (Lipinski definition) is 1. The summed E-state index contributed by atoms with van der Waals surface area (Å²) < 4.78 is 5.17. The molecule has 15 heavy (non-hydrogen) atoms. The lowest BCUT2D eigenvalue weighted by Crippen LogP contribution is -2.74. The fourth-order valence-electron chi connectivity index (χ4n) is 2.56. The number of rotatable bonds is 1. The minimum absolute atomic E-state index is 0.127. The molecular weight excluding hydrogens is 192 g/mol. The Balaban J connectivity index is 1.82. The first-order valence-electron chi connectivity index (χ1n) is 5.21. The number of amides is 1. The number of ether oxygens (including phenoxy) is 1. The number of nitrogens with zero attached hydrogens (tertiary/aromatic N) is 1. The van der Waals surface area contributed by atoms with Crippen molar-refractivity contribution in [1.29, 1.82) is 5.26 Å². The Morgan fingerprint density at radius 2 is 1.93 bits per heavy atom. The number of nitrogens with one attached hydrogen (secondary N) is 1. The van der Waals surface area contributed by atoms with Crippen molar-refractivity contribution in [1.82, 2.24) is 5.32 Å². The van der Waals surface area contributed by atoms with Crippen LogP contribution < -0.4 is 5.32 Å². The molecule has 0 spiro atoms. The highest BCUT2D eigenvalue weighted by molar-refractivity contribution is 5.70. The fraction of sp³-hybridized carbons (Fsp3) is 0.818. The summed E-state index contributed by atoms with van der Waals surface area (Å²) in [5.74, 6) is 0. The molecule has 0 aromatic rings. The van der Waals surface area contributed by atoms with Gasteiger partial charge >= 0.3 is 6.09 Å². The minimum atomic E-state index is -0.458. The van der Waals surface area contributed by atoms with E-state index in [0.717, 1.165) is 19.3 Å². The highest BCUT2D eigenvalue weighted by Crippen LogP contribution is 2.66. The number of alkyl carbamates (subject to hydrolysis) is 1. The fourth-order valence-corrected chi connectivity index (χ4v) is 2.56. The maximum atomic E-state index is 11.5. The summed E-state index contributed by atoms with van der Waals surface area (Å²) in [6, 6.07) is 2.30.